The number of aryl methyl sites for hydroxylation is 1. The number of aromatic nitrogens is 1. The summed E-state index contributed by atoms with van der Waals surface area (Å²) in [7, 11) is 0. The summed E-state index contributed by atoms with van der Waals surface area (Å²) in [5.41, 5.74) is 2.25. The third kappa shape index (κ3) is 3.43. The predicted octanol–water partition coefficient (Wildman–Crippen LogP) is 3.64. The maximum Gasteiger partial charge on any atom is 0.101 e. The SMILES string of the molecule is CCNC(Cc1ccc(Br)cn1)c1coc(C)c1. The van der Waals surface area contributed by atoms with Gasteiger partial charge in [0.25, 0.3) is 0 Å². The Morgan fingerprint density at radius 3 is 2.83 bits per heavy atom. The Labute approximate surface area is 116 Å². The topological polar surface area (TPSA) is 38.1 Å². The minimum Gasteiger partial charge on any atom is -0.469 e. The molecule has 0 saturated carbocycles. The fourth-order valence-electron chi connectivity index (χ4n) is 1.94. The summed E-state index contributed by atoms with van der Waals surface area (Å²) in [5, 5.41) is 3.46. The molecular weight excluding hydrogens is 292 g/mol. The maximum absolute atomic E-state index is 5.38. The summed E-state index contributed by atoms with van der Waals surface area (Å²) >= 11 is 3.40. The molecule has 0 amide bonds. The second kappa shape index (κ2) is 6.16. The van der Waals surface area contributed by atoms with Gasteiger partial charge in [-0.2, -0.15) is 0 Å². The Bertz CT molecular complexity index is 493. The second-order valence-corrected chi connectivity index (χ2v) is 5.19. The van der Waals surface area contributed by atoms with Crippen LogP contribution in [0.1, 0.15) is 30.0 Å². The van der Waals surface area contributed by atoms with Gasteiger partial charge in [-0.05, 0) is 47.6 Å². The van der Waals surface area contributed by atoms with Crippen LogP contribution in [-0.2, 0) is 6.42 Å². The number of rotatable bonds is 5. The number of likely N-dealkylation sites (N-methyl/N-ethyl adjacent to an activating group) is 1. The maximum atomic E-state index is 5.38. The molecule has 1 atom stereocenters. The van der Waals surface area contributed by atoms with E-state index in [4.69, 9.17) is 4.42 Å². The number of nitrogens with zero attached hydrogens (tertiary/aromatic N) is 1. The smallest absolute Gasteiger partial charge is 0.101 e. The molecule has 0 bridgehead atoms. The fourth-order valence-corrected chi connectivity index (χ4v) is 2.17. The molecule has 0 aromatic carbocycles. The third-order valence-corrected chi connectivity index (χ3v) is 3.27. The van der Waals surface area contributed by atoms with Crippen LogP contribution < -0.4 is 5.32 Å². The molecule has 18 heavy (non-hydrogen) atoms. The first-order valence-electron chi connectivity index (χ1n) is 6.08. The molecule has 96 valence electrons. The normalized spacial score (nSPS) is 12.6. The molecule has 0 radical (unpaired) electrons. The zero-order valence-corrected chi connectivity index (χ0v) is 12.2. The lowest BCUT2D eigenvalue weighted by molar-refractivity contribution is 0.509. The second-order valence-electron chi connectivity index (χ2n) is 4.27. The van der Waals surface area contributed by atoms with Crippen molar-refractivity contribution in [3.05, 3.63) is 52.1 Å². The van der Waals surface area contributed by atoms with Crippen molar-refractivity contribution >= 4 is 15.9 Å². The Balaban J connectivity index is 2.13. The Morgan fingerprint density at radius 1 is 1.44 bits per heavy atom. The van der Waals surface area contributed by atoms with E-state index in [2.05, 4.69) is 39.2 Å². The van der Waals surface area contributed by atoms with Crippen LogP contribution in [0.5, 0.6) is 0 Å². The molecule has 2 heterocycles. The molecule has 0 aliphatic carbocycles. The highest BCUT2D eigenvalue weighted by Gasteiger charge is 2.14. The van der Waals surface area contributed by atoms with E-state index in [1.165, 1.54) is 5.56 Å². The zero-order valence-electron chi connectivity index (χ0n) is 10.6. The molecule has 2 aromatic rings. The number of nitrogens with one attached hydrogen (secondary N) is 1. The highest BCUT2D eigenvalue weighted by atomic mass is 79.9. The van der Waals surface area contributed by atoms with Crippen LogP contribution in [0.4, 0.5) is 0 Å². The molecule has 0 fully saturated rings. The van der Waals surface area contributed by atoms with Gasteiger partial charge in [0, 0.05) is 34.4 Å². The van der Waals surface area contributed by atoms with Crippen molar-refractivity contribution in [2.45, 2.75) is 26.3 Å². The molecule has 0 aliphatic heterocycles. The summed E-state index contributed by atoms with van der Waals surface area (Å²) in [4.78, 5) is 4.42. The van der Waals surface area contributed by atoms with Crippen molar-refractivity contribution < 1.29 is 4.42 Å². The highest BCUT2D eigenvalue weighted by Crippen LogP contribution is 2.20. The minimum absolute atomic E-state index is 0.251. The predicted molar refractivity (Wildman–Crippen MR) is 75.5 cm³/mol. The first-order chi connectivity index (χ1) is 8.69. The first-order valence-corrected chi connectivity index (χ1v) is 6.87. The van der Waals surface area contributed by atoms with Crippen molar-refractivity contribution in [2.24, 2.45) is 0 Å². The average Bonchev–Trinajstić information content (AvgIpc) is 2.78. The summed E-state index contributed by atoms with van der Waals surface area (Å²) in [6.45, 7) is 4.99. The van der Waals surface area contributed by atoms with E-state index in [0.29, 0.717) is 0 Å². The van der Waals surface area contributed by atoms with Crippen LogP contribution in [0.2, 0.25) is 0 Å². The number of pyridine rings is 1. The van der Waals surface area contributed by atoms with Gasteiger partial charge in [0.05, 0.1) is 6.26 Å². The Kier molecular flexibility index (Phi) is 4.55. The van der Waals surface area contributed by atoms with Gasteiger partial charge in [-0.25, -0.2) is 0 Å². The van der Waals surface area contributed by atoms with Gasteiger partial charge in [0.2, 0.25) is 0 Å². The van der Waals surface area contributed by atoms with E-state index in [1.54, 1.807) is 0 Å². The summed E-state index contributed by atoms with van der Waals surface area (Å²) in [6, 6.07) is 6.39. The molecule has 0 saturated heterocycles. The molecule has 4 heteroatoms. The lowest BCUT2D eigenvalue weighted by Crippen LogP contribution is -2.22. The Hall–Kier alpha value is -1.13. The van der Waals surface area contributed by atoms with Gasteiger partial charge in [-0.1, -0.05) is 6.92 Å². The van der Waals surface area contributed by atoms with Crippen molar-refractivity contribution in [1.82, 2.24) is 10.3 Å². The van der Waals surface area contributed by atoms with Gasteiger partial charge in [-0.3, -0.25) is 4.98 Å². The Morgan fingerprint density at radius 2 is 2.28 bits per heavy atom. The van der Waals surface area contributed by atoms with Crippen molar-refractivity contribution in [3.63, 3.8) is 0 Å². The molecule has 1 N–H and O–H groups in total. The summed E-state index contributed by atoms with van der Waals surface area (Å²) in [5.74, 6) is 0.941. The summed E-state index contributed by atoms with van der Waals surface area (Å²) in [6.07, 6.45) is 4.51. The first kappa shape index (κ1) is 13.3. The monoisotopic (exact) mass is 308 g/mol. The molecule has 0 aliphatic rings. The largest absolute Gasteiger partial charge is 0.469 e. The van der Waals surface area contributed by atoms with E-state index in [-0.39, 0.29) is 6.04 Å². The van der Waals surface area contributed by atoms with E-state index in [9.17, 15) is 0 Å². The minimum atomic E-state index is 0.251. The van der Waals surface area contributed by atoms with Gasteiger partial charge in [0.15, 0.2) is 0 Å². The van der Waals surface area contributed by atoms with Crippen molar-refractivity contribution in [3.8, 4) is 0 Å². The van der Waals surface area contributed by atoms with Crippen LogP contribution in [0, 0.1) is 6.92 Å². The third-order valence-electron chi connectivity index (χ3n) is 2.81. The highest BCUT2D eigenvalue weighted by molar-refractivity contribution is 9.10. The summed E-state index contributed by atoms with van der Waals surface area (Å²) < 4.78 is 6.39. The molecule has 0 spiro atoms. The number of halogens is 1. The fraction of sp³-hybridized carbons (Fsp3) is 0.357. The van der Waals surface area contributed by atoms with Crippen molar-refractivity contribution in [2.75, 3.05) is 6.54 Å². The van der Waals surface area contributed by atoms with Gasteiger partial charge in [-0.15, -0.1) is 0 Å². The molecule has 2 aromatic heterocycles. The lowest BCUT2D eigenvalue weighted by Gasteiger charge is -2.15. The molecule has 2 rings (SSSR count). The van der Waals surface area contributed by atoms with E-state index in [0.717, 1.165) is 28.9 Å². The van der Waals surface area contributed by atoms with Crippen LogP contribution in [0.3, 0.4) is 0 Å². The van der Waals surface area contributed by atoms with Crippen LogP contribution in [-0.4, -0.2) is 11.5 Å². The van der Waals surface area contributed by atoms with Crippen LogP contribution in [0.25, 0.3) is 0 Å². The number of furan rings is 1. The van der Waals surface area contributed by atoms with E-state index < -0.39 is 0 Å². The van der Waals surface area contributed by atoms with Gasteiger partial charge < -0.3 is 9.73 Å². The van der Waals surface area contributed by atoms with Crippen molar-refractivity contribution in [1.29, 1.82) is 0 Å². The average molecular weight is 309 g/mol. The van der Waals surface area contributed by atoms with Gasteiger partial charge >= 0.3 is 0 Å². The van der Waals surface area contributed by atoms with Crippen LogP contribution in [0.15, 0.2) is 39.5 Å². The zero-order chi connectivity index (χ0) is 13.0. The number of hydrogen-bond donors (Lipinski definition) is 1. The molecule has 1 unspecified atom stereocenters. The number of hydrogen-bond acceptors (Lipinski definition) is 3. The standard InChI is InChI=1S/C14H17BrN2O/c1-3-16-14(11-6-10(2)18-9-11)7-13-5-4-12(15)8-17-13/h4-6,8-9,14,16H,3,7H2,1-2H3. The van der Waals surface area contributed by atoms with Crippen LogP contribution >= 0.6 is 15.9 Å². The van der Waals surface area contributed by atoms with E-state index >= 15 is 0 Å². The molecular formula is C14H17BrN2O. The lowest BCUT2D eigenvalue weighted by atomic mass is 10.0. The van der Waals surface area contributed by atoms with E-state index in [1.807, 2.05) is 31.5 Å². The molecule has 3 nitrogen and oxygen atoms in total. The quantitative estimate of drug-likeness (QED) is 0.916. The van der Waals surface area contributed by atoms with Gasteiger partial charge in [0.1, 0.15) is 5.76 Å².